The fraction of sp³-hybridized carbons (Fsp3) is 0.348. The molecule has 2 aromatic heterocycles. The Balaban J connectivity index is 0.00000231. The maximum atomic E-state index is 13.2. The van der Waals surface area contributed by atoms with Crippen LogP contribution in [0.2, 0.25) is 0 Å². The minimum atomic E-state index is -0.216. The topological polar surface area (TPSA) is 117 Å². The summed E-state index contributed by atoms with van der Waals surface area (Å²) in [4.78, 5) is 29.6. The molecule has 1 aromatic carbocycles. The van der Waals surface area contributed by atoms with E-state index in [9.17, 15) is 14.9 Å². The van der Waals surface area contributed by atoms with Crippen LogP contribution < -0.4 is 16.6 Å². The predicted molar refractivity (Wildman–Crippen MR) is 117 cm³/mol. The highest BCUT2D eigenvalue weighted by molar-refractivity contribution is 5.95. The summed E-state index contributed by atoms with van der Waals surface area (Å²) in [5.41, 5.74) is 1.54. The van der Waals surface area contributed by atoms with E-state index in [1.165, 1.54) is 6.26 Å². The van der Waals surface area contributed by atoms with Crippen LogP contribution in [0.1, 0.15) is 29.0 Å². The van der Waals surface area contributed by atoms with Crippen LogP contribution in [0.25, 0.3) is 10.9 Å². The van der Waals surface area contributed by atoms with Gasteiger partial charge in [0.2, 0.25) is 0 Å². The number of hydrogen-bond donors (Lipinski definition) is 1. The first-order valence-corrected chi connectivity index (χ1v) is 10.3. The molecule has 2 aliphatic rings. The summed E-state index contributed by atoms with van der Waals surface area (Å²) in [5, 5.41) is 10.8. The zero-order valence-electron chi connectivity index (χ0n) is 17.3. The van der Waals surface area contributed by atoms with E-state index < -0.39 is 0 Å². The molecule has 1 amide bonds. The van der Waals surface area contributed by atoms with Crippen molar-refractivity contribution in [1.82, 2.24) is 15.6 Å². The van der Waals surface area contributed by atoms with Gasteiger partial charge in [0, 0.05) is 38.1 Å². The molecule has 3 heterocycles. The molecule has 3 aromatic rings. The summed E-state index contributed by atoms with van der Waals surface area (Å²) in [5.74, 6) is 0.721. The predicted octanol–water partition coefficient (Wildman–Crippen LogP) is 3.00. The molecule has 0 bridgehead atoms. The number of para-hydroxylation sites is 1. The molecule has 1 saturated heterocycles. The smallest absolute Gasteiger partial charge is 0.289 e. The minimum absolute atomic E-state index is 0. The standard InChI is InChI=1S/C23H22N4O3.H3N/c24-14-18-21(25-9-11-26(12-10-25)23(29)20-6-3-13-30-20)17-4-1-2-5-19(17)27(22(18)28)15-16-7-8-16;/h1-6,13,16H,7-12,15H2;1H3. The number of carbonyl (C=O) groups excluding carboxylic acids is 1. The van der Waals surface area contributed by atoms with Gasteiger partial charge in [-0.3, -0.25) is 9.59 Å². The van der Waals surface area contributed by atoms with Crippen LogP contribution in [0.4, 0.5) is 5.69 Å². The highest BCUT2D eigenvalue weighted by Crippen LogP contribution is 2.34. The molecule has 0 radical (unpaired) electrons. The van der Waals surface area contributed by atoms with Crippen LogP contribution in [-0.4, -0.2) is 41.6 Å². The van der Waals surface area contributed by atoms with E-state index in [0.29, 0.717) is 50.1 Å². The average Bonchev–Trinajstić information content (AvgIpc) is 3.44. The van der Waals surface area contributed by atoms with Gasteiger partial charge < -0.3 is 24.9 Å². The molecule has 1 saturated carbocycles. The summed E-state index contributed by atoms with van der Waals surface area (Å²) < 4.78 is 7.00. The summed E-state index contributed by atoms with van der Waals surface area (Å²) in [6.45, 7) is 2.78. The number of rotatable bonds is 4. The Labute approximate surface area is 179 Å². The number of carbonyl (C=O) groups is 1. The van der Waals surface area contributed by atoms with Crippen molar-refractivity contribution in [3.8, 4) is 6.07 Å². The van der Waals surface area contributed by atoms with Crippen molar-refractivity contribution in [3.05, 3.63) is 64.3 Å². The maximum absolute atomic E-state index is 13.2. The molecule has 8 nitrogen and oxygen atoms in total. The van der Waals surface area contributed by atoms with Gasteiger partial charge in [-0.2, -0.15) is 5.26 Å². The molecule has 2 fully saturated rings. The minimum Gasteiger partial charge on any atom is -0.459 e. The highest BCUT2D eigenvalue weighted by Gasteiger charge is 2.29. The first kappa shape index (κ1) is 20.7. The third-order valence-corrected chi connectivity index (χ3v) is 6.01. The van der Waals surface area contributed by atoms with Crippen LogP contribution in [0.15, 0.2) is 51.9 Å². The molecule has 5 rings (SSSR count). The molecule has 3 N–H and O–H groups in total. The number of aromatic nitrogens is 1. The Morgan fingerprint density at radius 3 is 2.48 bits per heavy atom. The third-order valence-electron chi connectivity index (χ3n) is 6.01. The van der Waals surface area contributed by atoms with E-state index in [1.54, 1.807) is 21.6 Å². The lowest BCUT2D eigenvalue weighted by Gasteiger charge is -2.36. The summed E-state index contributed by atoms with van der Waals surface area (Å²) in [6, 6.07) is 13.3. The van der Waals surface area contributed by atoms with Crippen molar-refractivity contribution in [2.24, 2.45) is 5.92 Å². The number of fused-ring (bicyclic) bond motifs is 1. The Kier molecular flexibility index (Phi) is 5.53. The van der Waals surface area contributed by atoms with Crippen LogP contribution >= 0.6 is 0 Å². The SMILES string of the molecule is N.N#Cc1c(N2CCN(C(=O)c3ccco3)CC2)c2ccccc2n(CC2CC2)c1=O. The first-order chi connectivity index (χ1) is 14.7. The van der Waals surface area contributed by atoms with Gasteiger partial charge in [-0.15, -0.1) is 0 Å². The Morgan fingerprint density at radius 1 is 1.10 bits per heavy atom. The van der Waals surface area contributed by atoms with E-state index in [0.717, 1.165) is 23.7 Å². The van der Waals surface area contributed by atoms with Gasteiger partial charge in [-0.25, -0.2) is 0 Å². The number of amides is 1. The normalized spacial score (nSPS) is 16.1. The van der Waals surface area contributed by atoms with Crippen molar-refractivity contribution in [2.45, 2.75) is 19.4 Å². The molecule has 1 aliphatic carbocycles. The number of benzene rings is 1. The van der Waals surface area contributed by atoms with Crippen molar-refractivity contribution >= 4 is 22.5 Å². The lowest BCUT2D eigenvalue weighted by Crippen LogP contribution is -2.49. The maximum Gasteiger partial charge on any atom is 0.289 e. The second kappa shape index (κ2) is 8.28. The van der Waals surface area contributed by atoms with E-state index in [-0.39, 0.29) is 23.2 Å². The van der Waals surface area contributed by atoms with Gasteiger partial charge in [0.05, 0.1) is 17.5 Å². The fourth-order valence-electron chi connectivity index (χ4n) is 4.25. The second-order valence-electron chi connectivity index (χ2n) is 7.97. The number of piperazine rings is 1. The van der Waals surface area contributed by atoms with Crippen molar-refractivity contribution in [2.75, 3.05) is 31.1 Å². The van der Waals surface area contributed by atoms with Gasteiger partial charge in [0.15, 0.2) is 5.76 Å². The number of nitrogens with zero attached hydrogens (tertiary/aromatic N) is 4. The lowest BCUT2D eigenvalue weighted by atomic mass is 10.1. The van der Waals surface area contributed by atoms with Crippen LogP contribution in [0.5, 0.6) is 0 Å². The lowest BCUT2D eigenvalue weighted by molar-refractivity contribution is 0.0715. The molecule has 0 unspecified atom stereocenters. The van der Waals surface area contributed by atoms with Gasteiger partial charge in [-0.05, 0) is 37.0 Å². The molecule has 0 spiro atoms. The molecule has 31 heavy (non-hydrogen) atoms. The van der Waals surface area contributed by atoms with Gasteiger partial charge in [0.1, 0.15) is 11.6 Å². The zero-order valence-corrected chi connectivity index (χ0v) is 17.3. The van der Waals surface area contributed by atoms with E-state index in [2.05, 4.69) is 11.0 Å². The number of hydrogen-bond acceptors (Lipinski definition) is 6. The molecular formula is C23H25N5O3. The molecular weight excluding hydrogens is 394 g/mol. The first-order valence-electron chi connectivity index (χ1n) is 10.3. The van der Waals surface area contributed by atoms with Gasteiger partial charge in [-0.1, -0.05) is 18.2 Å². The average molecular weight is 419 g/mol. The monoisotopic (exact) mass is 419 g/mol. The van der Waals surface area contributed by atoms with Crippen LogP contribution in [0.3, 0.4) is 0 Å². The van der Waals surface area contributed by atoms with Gasteiger partial charge >= 0.3 is 0 Å². The zero-order chi connectivity index (χ0) is 20.7. The van der Waals surface area contributed by atoms with Crippen molar-refractivity contribution < 1.29 is 9.21 Å². The van der Waals surface area contributed by atoms with Crippen LogP contribution in [-0.2, 0) is 6.54 Å². The summed E-state index contributed by atoms with van der Waals surface area (Å²) in [6.07, 6.45) is 3.76. The second-order valence-corrected chi connectivity index (χ2v) is 7.97. The molecule has 8 heteroatoms. The third kappa shape index (κ3) is 3.68. The number of furan rings is 1. The Morgan fingerprint density at radius 2 is 1.84 bits per heavy atom. The van der Waals surface area contributed by atoms with Crippen LogP contribution in [0, 0.1) is 17.2 Å². The summed E-state index contributed by atoms with van der Waals surface area (Å²) >= 11 is 0. The number of pyridine rings is 1. The molecule has 160 valence electrons. The highest BCUT2D eigenvalue weighted by atomic mass is 16.3. The number of nitriles is 1. The van der Waals surface area contributed by atoms with Crippen molar-refractivity contribution in [3.63, 3.8) is 0 Å². The Hall–Kier alpha value is -3.57. The fourth-order valence-corrected chi connectivity index (χ4v) is 4.25. The van der Waals surface area contributed by atoms with E-state index >= 15 is 0 Å². The largest absolute Gasteiger partial charge is 0.459 e. The molecule has 1 aliphatic heterocycles. The van der Waals surface area contributed by atoms with E-state index in [4.69, 9.17) is 4.42 Å². The summed E-state index contributed by atoms with van der Waals surface area (Å²) in [7, 11) is 0. The quantitative estimate of drug-likeness (QED) is 0.695. The van der Waals surface area contributed by atoms with E-state index in [1.807, 2.05) is 24.3 Å². The van der Waals surface area contributed by atoms with Crippen molar-refractivity contribution in [1.29, 1.82) is 5.26 Å². The van der Waals surface area contributed by atoms with Gasteiger partial charge in [0.25, 0.3) is 11.5 Å². The number of anilines is 1. The molecule has 0 atom stereocenters. The Bertz CT molecular complexity index is 1200.